The van der Waals surface area contributed by atoms with E-state index in [9.17, 15) is 14.4 Å². The van der Waals surface area contributed by atoms with E-state index in [0.29, 0.717) is 49.7 Å². The molecule has 7 heteroatoms. The van der Waals surface area contributed by atoms with Crippen molar-refractivity contribution >= 4 is 17.8 Å². The first-order valence-corrected chi connectivity index (χ1v) is 9.56. The summed E-state index contributed by atoms with van der Waals surface area (Å²) in [6.07, 6.45) is 0.687. The molecule has 0 N–H and O–H groups in total. The number of carbonyl (C=O) groups excluding carboxylic acids is 3. The molecule has 1 aliphatic heterocycles. The van der Waals surface area contributed by atoms with Crippen LogP contribution in [0.3, 0.4) is 0 Å². The van der Waals surface area contributed by atoms with Crippen LogP contribution in [-0.2, 0) is 9.59 Å². The summed E-state index contributed by atoms with van der Waals surface area (Å²) >= 11 is 0. The topological polar surface area (TPSA) is 76.2 Å². The molecule has 0 spiro atoms. The maximum absolute atomic E-state index is 12.8. The van der Waals surface area contributed by atoms with Crippen LogP contribution in [0.25, 0.3) is 0 Å². The molecule has 29 heavy (non-hydrogen) atoms. The van der Waals surface area contributed by atoms with Gasteiger partial charge in [-0.15, -0.1) is 0 Å². The predicted octanol–water partition coefficient (Wildman–Crippen LogP) is 2.37. The average molecular weight is 396 g/mol. The molecule has 7 nitrogen and oxygen atoms in total. The molecule has 1 aliphatic rings. The predicted molar refractivity (Wildman–Crippen MR) is 107 cm³/mol. The van der Waals surface area contributed by atoms with Crippen molar-refractivity contribution in [2.75, 3.05) is 32.8 Å². The highest BCUT2D eigenvalue weighted by atomic mass is 16.5. The average Bonchev–Trinajstić information content (AvgIpc) is 2.98. The molecule has 1 saturated heterocycles. The molecule has 3 rings (SSSR count). The molecule has 152 valence electrons. The Morgan fingerprint density at radius 2 is 1.55 bits per heavy atom. The number of para-hydroxylation sites is 1. The fourth-order valence-corrected chi connectivity index (χ4v) is 3.16. The first-order valence-electron chi connectivity index (χ1n) is 9.56. The Bertz CT molecular complexity index is 869. The lowest BCUT2D eigenvalue weighted by Crippen LogP contribution is -2.39. The van der Waals surface area contributed by atoms with E-state index in [1.165, 1.54) is 6.92 Å². The number of nitrogens with zero attached hydrogens (tertiary/aromatic N) is 2. The van der Waals surface area contributed by atoms with Gasteiger partial charge in [-0.25, -0.2) is 0 Å². The van der Waals surface area contributed by atoms with Crippen molar-refractivity contribution < 1.29 is 23.9 Å². The van der Waals surface area contributed by atoms with E-state index in [2.05, 4.69) is 0 Å². The highest BCUT2D eigenvalue weighted by Gasteiger charge is 2.23. The van der Waals surface area contributed by atoms with Gasteiger partial charge in [0.15, 0.2) is 6.61 Å². The molecule has 0 aromatic heterocycles. The molecule has 0 bridgehead atoms. The minimum absolute atomic E-state index is 0.0254. The standard InChI is InChI=1S/C22H24N2O5/c1-17(25)29-20-10-5-7-18(15-20)22(27)24-12-6-11-23(13-14-24)21(26)16-28-19-8-3-2-4-9-19/h2-5,7-10,15H,6,11-14,16H2,1H3. The van der Waals surface area contributed by atoms with Crippen LogP contribution < -0.4 is 9.47 Å². The largest absolute Gasteiger partial charge is 0.484 e. The van der Waals surface area contributed by atoms with E-state index in [-0.39, 0.29) is 18.4 Å². The lowest BCUT2D eigenvalue weighted by atomic mass is 10.2. The number of ether oxygens (including phenoxy) is 2. The highest BCUT2D eigenvalue weighted by Crippen LogP contribution is 2.17. The van der Waals surface area contributed by atoms with Gasteiger partial charge in [-0.1, -0.05) is 24.3 Å². The Balaban J connectivity index is 1.55. The summed E-state index contributed by atoms with van der Waals surface area (Å²) in [6, 6.07) is 15.8. The summed E-state index contributed by atoms with van der Waals surface area (Å²) in [5.74, 6) is 0.318. The van der Waals surface area contributed by atoms with Crippen molar-refractivity contribution in [3.63, 3.8) is 0 Å². The van der Waals surface area contributed by atoms with Crippen molar-refractivity contribution in [3.05, 3.63) is 60.2 Å². The van der Waals surface area contributed by atoms with Crippen molar-refractivity contribution in [1.82, 2.24) is 9.80 Å². The van der Waals surface area contributed by atoms with Crippen LogP contribution >= 0.6 is 0 Å². The van der Waals surface area contributed by atoms with Gasteiger partial charge in [0.2, 0.25) is 0 Å². The molecule has 2 aromatic rings. The SMILES string of the molecule is CC(=O)Oc1cccc(C(=O)N2CCCN(C(=O)COc3ccccc3)CC2)c1. The highest BCUT2D eigenvalue weighted by molar-refractivity contribution is 5.94. The Morgan fingerprint density at radius 3 is 2.31 bits per heavy atom. The van der Waals surface area contributed by atoms with Crippen molar-refractivity contribution in [2.45, 2.75) is 13.3 Å². The van der Waals surface area contributed by atoms with Crippen molar-refractivity contribution in [3.8, 4) is 11.5 Å². The van der Waals surface area contributed by atoms with E-state index >= 15 is 0 Å². The molecule has 0 aliphatic carbocycles. The molecular weight excluding hydrogens is 372 g/mol. The van der Waals surface area contributed by atoms with Gasteiger partial charge >= 0.3 is 5.97 Å². The van der Waals surface area contributed by atoms with Gasteiger partial charge in [-0.2, -0.15) is 0 Å². The molecule has 0 radical (unpaired) electrons. The Kier molecular flexibility index (Phi) is 6.84. The third-order valence-electron chi connectivity index (χ3n) is 4.58. The summed E-state index contributed by atoms with van der Waals surface area (Å²) in [5.41, 5.74) is 0.455. The molecule has 1 fully saturated rings. The van der Waals surface area contributed by atoms with Gasteiger partial charge in [-0.05, 0) is 36.8 Å². The lowest BCUT2D eigenvalue weighted by molar-refractivity contribution is -0.133. The number of carbonyl (C=O) groups is 3. The summed E-state index contributed by atoms with van der Waals surface area (Å²) in [6.45, 7) is 3.31. The van der Waals surface area contributed by atoms with Gasteiger partial charge in [0.05, 0.1) is 0 Å². The molecule has 2 amide bonds. The third-order valence-corrected chi connectivity index (χ3v) is 4.58. The van der Waals surface area contributed by atoms with Crippen LogP contribution in [0.15, 0.2) is 54.6 Å². The lowest BCUT2D eigenvalue weighted by Gasteiger charge is -2.22. The van der Waals surface area contributed by atoms with Crippen LogP contribution in [0, 0.1) is 0 Å². The van der Waals surface area contributed by atoms with Crippen LogP contribution in [0.5, 0.6) is 11.5 Å². The quantitative estimate of drug-likeness (QED) is 0.573. The normalized spacial score (nSPS) is 14.1. The second-order valence-electron chi connectivity index (χ2n) is 6.75. The van der Waals surface area contributed by atoms with Gasteiger partial charge in [0, 0.05) is 38.7 Å². The summed E-state index contributed by atoms with van der Waals surface area (Å²) in [7, 11) is 0. The first-order chi connectivity index (χ1) is 14.0. The van der Waals surface area contributed by atoms with Gasteiger partial charge < -0.3 is 19.3 Å². The zero-order chi connectivity index (χ0) is 20.6. The Morgan fingerprint density at radius 1 is 0.862 bits per heavy atom. The zero-order valence-electron chi connectivity index (χ0n) is 16.4. The second kappa shape index (κ2) is 9.73. The molecule has 0 unspecified atom stereocenters. The van der Waals surface area contributed by atoms with E-state index in [4.69, 9.17) is 9.47 Å². The number of benzene rings is 2. The fraction of sp³-hybridized carbons (Fsp3) is 0.318. The van der Waals surface area contributed by atoms with Gasteiger partial charge in [-0.3, -0.25) is 14.4 Å². The Labute approximate surface area is 169 Å². The number of esters is 1. The minimum Gasteiger partial charge on any atom is -0.484 e. The molecule has 0 saturated carbocycles. The van der Waals surface area contributed by atoms with Gasteiger partial charge in [0.1, 0.15) is 11.5 Å². The maximum Gasteiger partial charge on any atom is 0.308 e. The third kappa shape index (κ3) is 5.81. The molecule has 0 atom stereocenters. The molecule has 2 aromatic carbocycles. The smallest absolute Gasteiger partial charge is 0.308 e. The minimum atomic E-state index is -0.434. The second-order valence-corrected chi connectivity index (χ2v) is 6.75. The monoisotopic (exact) mass is 396 g/mol. The number of hydrogen-bond donors (Lipinski definition) is 0. The van der Waals surface area contributed by atoms with Crippen molar-refractivity contribution in [2.24, 2.45) is 0 Å². The summed E-state index contributed by atoms with van der Waals surface area (Å²) < 4.78 is 10.6. The molecule has 1 heterocycles. The van der Waals surface area contributed by atoms with Crippen LogP contribution in [0.4, 0.5) is 0 Å². The maximum atomic E-state index is 12.8. The van der Waals surface area contributed by atoms with Crippen molar-refractivity contribution in [1.29, 1.82) is 0 Å². The van der Waals surface area contributed by atoms with E-state index in [0.717, 1.165) is 0 Å². The molecular formula is C22H24N2O5. The number of rotatable bonds is 5. The fourth-order valence-electron chi connectivity index (χ4n) is 3.16. The van der Waals surface area contributed by atoms with Crippen LogP contribution in [-0.4, -0.2) is 60.4 Å². The number of amides is 2. The van der Waals surface area contributed by atoms with E-state index < -0.39 is 5.97 Å². The zero-order valence-corrected chi connectivity index (χ0v) is 16.4. The summed E-state index contributed by atoms with van der Waals surface area (Å²) in [4.78, 5) is 39.9. The van der Waals surface area contributed by atoms with Crippen LogP contribution in [0.1, 0.15) is 23.7 Å². The summed E-state index contributed by atoms with van der Waals surface area (Å²) in [5, 5.41) is 0. The number of hydrogen-bond acceptors (Lipinski definition) is 5. The van der Waals surface area contributed by atoms with Gasteiger partial charge in [0.25, 0.3) is 11.8 Å². The van der Waals surface area contributed by atoms with Crippen LogP contribution in [0.2, 0.25) is 0 Å². The Hall–Kier alpha value is -3.35. The van der Waals surface area contributed by atoms with E-state index in [1.54, 1.807) is 46.2 Å². The first kappa shape index (κ1) is 20.4. The van der Waals surface area contributed by atoms with E-state index in [1.807, 2.05) is 18.2 Å².